The van der Waals surface area contributed by atoms with Crippen molar-refractivity contribution in [3.8, 4) is 0 Å². The highest BCUT2D eigenvalue weighted by Gasteiger charge is 2.19. The summed E-state index contributed by atoms with van der Waals surface area (Å²) in [7, 11) is 0. The van der Waals surface area contributed by atoms with Crippen LogP contribution in [0.4, 0.5) is 4.79 Å². The summed E-state index contributed by atoms with van der Waals surface area (Å²) in [6.45, 7) is 10.1. The van der Waals surface area contributed by atoms with Crippen LogP contribution in [0.5, 0.6) is 0 Å². The molecule has 0 spiro atoms. The monoisotopic (exact) mass is 302 g/mol. The maximum Gasteiger partial charge on any atom is 0.314 e. The number of hydrogen-bond donors (Lipinski definition) is 3. The van der Waals surface area contributed by atoms with Crippen molar-refractivity contribution >= 4 is 12.0 Å². The van der Waals surface area contributed by atoms with Crippen LogP contribution in [0.15, 0.2) is 0 Å². The molecule has 0 aliphatic rings. The summed E-state index contributed by atoms with van der Waals surface area (Å²) in [6, 6.07) is -0.325. The van der Waals surface area contributed by atoms with Crippen LogP contribution in [0.1, 0.15) is 40.5 Å². The number of carbonyl (C=O) groups excluding carboxylic acids is 1. The Labute approximate surface area is 127 Å². The predicted molar refractivity (Wildman–Crippen MR) is 82.3 cm³/mol. The second-order valence-corrected chi connectivity index (χ2v) is 6.12. The molecule has 3 N–H and O–H groups in total. The number of carboxylic acid groups (broad SMARTS) is 1. The Morgan fingerprint density at radius 1 is 1.10 bits per heavy atom. The Bertz CT molecular complexity index is 306. The minimum absolute atomic E-state index is 0.156. The summed E-state index contributed by atoms with van der Waals surface area (Å²) < 4.78 is 5.40. The SMILES string of the molecule is CC(C)COCCCNC(=O)NCC(CC(C)C)C(=O)O. The van der Waals surface area contributed by atoms with Crippen molar-refractivity contribution in [1.29, 1.82) is 0 Å². The first-order chi connectivity index (χ1) is 9.82. The molecule has 0 aliphatic heterocycles. The molecule has 6 heteroatoms. The summed E-state index contributed by atoms with van der Waals surface area (Å²) in [6.07, 6.45) is 1.30. The average molecular weight is 302 g/mol. The van der Waals surface area contributed by atoms with E-state index in [9.17, 15) is 9.59 Å². The number of urea groups is 1. The molecule has 1 unspecified atom stereocenters. The van der Waals surface area contributed by atoms with Crippen LogP contribution in [0.2, 0.25) is 0 Å². The zero-order valence-electron chi connectivity index (χ0n) is 13.6. The maximum atomic E-state index is 11.5. The van der Waals surface area contributed by atoms with Crippen LogP contribution in [0, 0.1) is 17.8 Å². The maximum absolute atomic E-state index is 11.5. The van der Waals surface area contributed by atoms with Gasteiger partial charge in [0.25, 0.3) is 0 Å². The lowest BCUT2D eigenvalue weighted by molar-refractivity contribution is -0.142. The Kier molecular flexibility index (Phi) is 10.7. The van der Waals surface area contributed by atoms with E-state index >= 15 is 0 Å². The van der Waals surface area contributed by atoms with Gasteiger partial charge in [-0.05, 0) is 24.7 Å². The number of carbonyl (C=O) groups is 2. The van der Waals surface area contributed by atoms with Crippen molar-refractivity contribution in [1.82, 2.24) is 10.6 Å². The van der Waals surface area contributed by atoms with Crippen molar-refractivity contribution in [2.24, 2.45) is 17.8 Å². The van der Waals surface area contributed by atoms with E-state index in [4.69, 9.17) is 9.84 Å². The van der Waals surface area contributed by atoms with Gasteiger partial charge >= 0.3 is 12.0 Å². The molecule has 2 amide bonds. The molecule has 0 aromatic rings. The van der Waals surface area contributed by atoms with E-state index in [2.05, 4.69) is 24.5 Å². The second kappa shape index (κ2) is 11.4. The van der Waals surface area contributed by atoms with Crippen molar-refractivity contribution in [2.75, 3.05) is 26.3 Å². The van der Waals surface area contributed by atoms with Crippen LogP contribution in [0.25, 0.3) is 0 Å². The summed E-state index contributed by atoms with van der Waals surface area (Å²) in [5.74, 6) is -0.611. The molecule has 0 saturated heterocycles. The molecule has 0 rings (SSSR count). The lowest BCUT2D eigenvalue weighted by Gasteiger charge is -2.15. The number of nitrogens with one attached hydrogen (secondary N) is 2. The predicted octanol–water partition coefficient (Wildman–Crippen LogP) is 2.10. The lowest BCUT2D eigenvalue weighted by atomic mass is 9.97. The summed E-state index contributed by atoms with van der Waals surface area (Å²) >= 11 is 0. The molecular weight excluding hydrogens is 272 g/mol. The van der Waals surface area contributed by atoms with E-state index in [-0.39, 0.29) is 18.5 Å². The van der Waals surface area contributed by atoms with Crippen LogP contribution >= 0.6 is 0 Å². The van der Waals surface area contributed by atoms with Crippen LogP contribution < -0.4 is 10.6 Å². The fourth-order valence-corrected chi connectivity index (χ4v) is 1.81. The molecule has 0 bridgehead atoms. The van der Waals surface area contributed by atoms with Gasteiger partial charge in [-0.2, -0.15) is 0 Å². The largest absolute Gasteiger partial charge is 0.481 e. The fourth-order valence-electron chi connectivity index (χ4n) is 1.81. The normalized spacial score (nSPS) is 12.5. The fraction of sp³-hybridized carbons (Fsp3) is 0.867. The first-order valence-electron chi connectivity index (χ1n) is 7.65. The topological polar surface area (TPSA) is 87.7 Å². The van der Waals surface area contributed by atoms with Gasteiger partial charge in [-0.15, -0.1) is 0 Å². The molecule has 0 heterocycles. The molecule has 0 aromatic carbocycles. The van der Waals surface area contributed by atoms with Crippen LogP contribution in [-0.2, 0) is 9.53 Å². The third-order valence-corrected chi connectivity index (χ3v) is 2.82. The molecule has 124 valence electrons. The van der Waals surface area contributed by atoms with Crippen molar-refractivity contribution in [3.63, 3.8) is 0 Å². The second-order valence-electron chi connectivity index (χ2n) is 6.12. The lowest BCUT2D eigenvalue weighted by Crippen LogP contribution is -2.40. The molecule has 0 aliphatic carbocycles. The molecule has 1 atom stereocenters. The van der Waals surface area contributed by atoms with Crippen LogP contribution in [0.3, 0.4) is 0 Å². The zero-order chi connectivity index (χ0) is 16.3. The molecule has 0 radical (unpaired) electrons. The van der Waals surface area contributed by atoms with Gasteiger partial charge < -0.3 is 20.5 Å². The smallest absolute Gasteiger partial charge is 0.314 e. The zero-order valence-corrected chi connectivity index (χ0v) is 13.6. The van der Waals surface area contributed by atoms with Gasteiger partial charge in [-0.25, -0.2) is 4.79 Å². The minimum Gasteiger partial charge on any atom is -0.481 e. The van der Waals surface area contributed by atoms with E-state index in [0.717, 1.165) is 13.0 Å². The highest BCUT2D eigenvalue weighted by atomic mass is 16.5. The number of ether oxygens (including phenoxy) is 1. The van der Waals surface area contributed by atoms with E-state index in [1.165, 1.54) is 0 Å². The van der Waals surface area contributed by atoms with E-state index in [0.29, 0.717) is 25.5 Å². The Morgan fingerprint density at radius 2 is 1.76 bits per heavy atom. The standard InChI is InChI=1S/C15H30N2O4/c1-11(2)8-13(14(18)19)9-17-15(20)16-6-5-7-21-10-12(3)4/h11-13H,5-10H2,1-4H3,(H,18,19)(H2,16,17,20). The van der Waals surface area contributed by atoms with Gasteiger partial charge in [0.2, 0.25) is 0 Å². The first-order valence-corrected chi connectivity index (χ1v) is 7.65. The minimum atomic E-state index is -0.869. The van der Waals surface area contributed by atoms with Crippen molar-refractivity contribution in [3.05, 3.63) is 0 Å². The van der Waals surface area contributed by atoms with E-state index in [1.807, 2.05) is 13.8 Å². The Hall–Kier alpha value is -1.30. The molecular formula is C15H30N2O4. The molecule has 21 heavy (non-hydrogen) atoms. The number of hydrogen-bond acceptors (Lipinski definition) is 3. The molecule has 0 saturated carbocycles. The average Bonchev–Trinajstić information content (AvgIpc) is 2.37. The Morgan fingerprint density at radius 3 is 2.29 bits per heavy atom. The van der Waals surface area contributed by atoms with Gasteiger partial charge in [-0.1, -0.05) is 27.7 Å². The Balaban J connectivity index is 3.71. The van der Waals surface area contributed by atoms with E-state index in [1.54, 1.807) is 0 Å². The van der Waals surface area contributed by atoms with Gasteiger partial charge in [0.1, 0.15) is 0 Å². The molecule has 0 aromatic heterocycles. The third-order valence-electron chi connectivity index (χ3n) is 2.82. The number of aliphatic carboxylic acids is 1. The number of amides is 2. The summed E-state index contributed by atoms with van der Waals surface area (Å²) in [4.78, 5) is 22.6. The highest BCUT2D eigenvalue weighted by Crippen LogP contribution is 2.10. The first kappa shape index (κ1) is 19.7. The molecule has 6 nitrogen and oxygen atoms in total. The quantitative estimate of drug-likeness (QED) is 0.510. The number of carboxylic acids is 1. The number of rotatable bonds is 11. The van der Waals surface area contributed by atoms with Crippen molar-refractivity contribution < 1.29 is 19.4 Å². The van der Waals surface area contributed by atoms with Gasteiger partial charge in [0.15, 0.2) is 0 Å². The molecule has 0 fully saturated rings. The van der Waals surface area contributed by atoms with Gasteiger partial charge in [0, 0.05) is 26.3 Å². The third kappa shape index (κ3) is 12.2. The summed E-state index contributed by atoms with van der Waals surface area (Å²) in [5, 5.41) is 14.4. The summed E-state index contributed by atoms with van der Waals surface area (Å²) in [5.41, 5.74) is 0. The van der Waals surface area contributed by atoms with Crippen LogP contribution in [-0.4, -0.2) is 43.4 Å². The van der Waals surface area contributed by atoms with Crippen molar-refractivity contribution in [2.45, 2.75) is 40.5 Å². The van der Waals surface area contributed by atoms with Gasteiger partial charge in [0.05, 0.1) is 5.92 Å². The van der Waals surface area contributed by atoms with Gasteiger partial charge in [-0.3, -0.25) is 4.79 Å². The van der Waals surface area contributed by atoms with E-state index < -0.39 is 11.9 Å². The highest BCUT2D eigenvalue weighted by molar-refractivity contribution is 5.75.